The zero-order chi connectivity index (χ0) is 17.6. The van der Waals surface area contributed by atoms with E-state index in [9.17, 15) is 5.11 Å². The summed E-state index contributed by atoms with van der Waals surface area (Å²) in [6, 6.07) is 5.97. The molecule has 6 nitrogen and oxygen atoms in total. The van der Waals surface area contributed by atoms with Crippen molar-refractivity contribution in [3.05, 3.63) is 40.8 Å². The summed E-state index contributed by atoms with van der Waals surface area (Å²) >= 11 is 0. The maximum absolute atomic E-state index is 10.2. The highest BCUT2D eigenvalue weighted by Gasteiger charge is 2.51. The third-order valence-electron chi connectivity index (χ3n) is 5.71. The number of ether oxygens (including phenoxy) is 2. The van der Waals surface area contributed by atoms with E-state index < -0.39 is 0 Å². The van der Waals surface area contributed by atoms with Gasteiger partial charge >= 0.3 is 0 Å². The van der Waals surface area contributed by atoms with Gasteiger partial charge in [0.1, 0.15) is 17.3 Å². The summed E-state index contributed by atoms with van der Waals surface area (Å²) < 4.78 is 16.6. The van der Waals surface area contributed by atoms with E-state index >= 15 is 0 Å². The predicted octanol–water partition coefficient (Wildman–Crippen LogP) is 2.27. The Labute approximate surface area is 147 Å². The van der Waals surface area contributed by atoms with Crippen LogP contribution in [0.1, 0.15) is 28.5 Å². The van der Waals surface area contributed by atoms with E-state index in [0.29, 0.717) is 6.61 Å². The number of hydrogen-bond acceptors (Lipinski definition) is 6. The molecule has 2 atom stereocenters. The molecule has 0 saturated carbocycles. The van der Waals surface area contributed by atoms with Crippen LogP contribution in [0.4, 0.5) is 0 Å². The molecule has 2 aliphatic heterocycles. The monoisotopic (exact) mass is 344 g/mol. The predicted molar refractivity (Wildman–Crippen MR) is 92.0 cm³/mol. The average molecular weight is 344 g/mol. The Bertz CT molecular complexity index is 768. The van der Waals surface area contributed by atoms with E-state index in [1.165, 1.54) is 0 Å². The highest BCUT2D eigenvalue weighted by atomic mass is 16.5. The molecule has 1 aromatic carbocycles. The van der Waals surface area contributed by atoms with Gasteiger partial charge in [-0.1, -0.05) is 11.2 Å². The largest absolute Gasteiger partial charge is 0.497 e. The van der Waals surface area contributed by atoms with Crippen LogP contribution in [0, 0.1) is 19.3 Å². The van der Waals surface area contributed by atoms with E-state index in [0.717, 1.165) is 53.7 Å². The molecule has 0 amide bonds. The van der Waals surface area contributed by atoms with Crippen molar-refractivity contribution in [1.82, 2.24) is 10.1 Å². The Kier molecular flexibility index (Phi) is 3.96. The number of hydrogen-bond donors (Lipinski definition) is 1. The van der Waals surface area contributed by atoms with Gasteiger partial charge in [-0.2, -0.15) is 0 Å². The number of nitrogens with zero attached hydrogens (tertiary/aromatic N) is 2. The Morgan fingerprint density at radius 1 is 1.40 bits per heavy atom. The summed E-state index contributed by atoms with van der Waals surface area (Å²) in [5.74, 6) is 2.77. The summed E-state index contributed by atoms with van der Waals surface area (Å²) in [6.07, 6.45) is 0. The number of aliphatic hydroxyl groups excluding tert-OH is 1. The molecule has 1 fully saturated rings. The summed E-state index contributed by atoms with van der Waals surface area (Å²) in [4.78, 5) is 2.37. The lowest BCUT2D eigenvalue weighted by atomic mass is 9.74. The lowest BCUT2D eigenvalue weighted by molar-refractivity contribution is 0.0456. The minimum absolute atomic E-state index is 0.112. The maximum Gasteiger partial charge on any atom is 0.138 e. The van der Waals surface area contributed by atoms with Crippen LogP contribution in [0.3, 0.4) is 0 Å². The second-order valence-electron chi connectivity index (χ2n) is 7.24. The van der Waals surface area contributed by atoms with Crippen molar-refractivity contribution in [1.29, 1.82) is 0 Å². The van der Waals surface area contributed by atoms with Crippen LogP contribution in [0.5, 0.6) is 11.5 Å². The summed E-state index contributed by atoms with van der Waals surface area (Å²) in [5, 5.41) is 14.2. The first-order chi connectivity index (χ1) is 12.1. The lowest BCUT2D eigenvalue weighted by Crippen LogP contribution is -2.42. The van der Waals surface area contributed by atoms with E-state index in [1.807, 2.05) is 26.0 Å². The van der Waals surface area contributed by atoms with Crippen molar-refractivity contribution in [2.24, 2.45) is 5.41 Å². The van der Waals surface area contributed by atoms with Gasteiger partial charge in [-0.25, -0.2) is 0 Å². The van der Waals surface area contributed by atoms with Crippen LogP contribution in [-0.2, 0) is 6.54 Å². The molecule has 4 rings (SSSR count). The molecule has 134 valence electrons. The van der Waals surface area contributed by atoms with Crippen LogP contribution in [0.2, 0.25) is 0 Å². The molecule has 1 aromatic heterocycles. The van der Waals surface area contributed by atoms with E-state index in [4.69, 9.17) is 14.0 Å². The molecular weight excluding hydrogens is 320 g/mol. The number of methoxy groups -OCH3 is 1. The number of aromatic nitrogens is 1. The van der Waals surface area contributed by atoms with Crippen molar-refractivity contribution >= 4 is 0 Å². The fourth-order valence-corrected chi connectivity index (χ4v) is 4.20. The minimum Gasteiger partial charge on any atom is -0.497 e. The Hall–Kier alpha value is -2.05. The first-order valence-corrected chi connectivity index (χ1v) is 8.62. The smallest absolute Gasteiger partial charge is 0.138 e. The molecule has 0 aliphatic carbocycles. The fraction of sp³-hybridized carbons (Fsp3) is 0.526. The minimum atomic E-state index is -0.263. The average Bonchev–Trinajstić information content (AvgIpc) is 3.16. The van der Waals surface area contributed by atoms with Gasteiger partial charge < -0.3 is 19.1 Å². The number of likely N-dealkylation sites (tertiary alicyclic amines) is 1. The van der Waals surface area contributed by atoms with Gasteiger partial charge in [0.25, 0.3) is 0 Å². The maximum atomic E-state index is 10.2. The van der Waals surface area contributed by atoms with Gasteiger partial charge in [0, 0.05) is 42.6 Å². The molecule has 0 unspecified atom stereocenters. The topological polar surface area (TPSA) is 68.0 Å². The SMILES string of the molecule is COc1ccc2c(c1)OC[C@]1(CO)CN(Cc3c(C)noc3C)C[C@H]21. The van der Waals surface area contributed by atoms with Crippen LogP contribution in [0.25, 0.3) is 0 Å². The van der Waals surface area contributed by atoms with Gasteiger partial charge in [0.05, 0.1) is 26.0 Å². The lowest BCUT2D eigenvalue weighted by Gasteiger charge is -2.38. The van der Waals surface area contributed by atoms with Crippen LogP contribution in [0.15, 0.2) is 22.7 Å². The second kappa shape index (κ2) is 6.04. The molecule has 2 aliphatic rings. The van der Waals surface area contributed by atoms with Crippen molar-refractivity contribution in [2.45, 2.75) is 26.3 Å². The third-order valence-corrected chi connectivity index (χ3v) is 5.71. The number of benzene rings is 1. The fourth-order valence-electron chi connectivity index (χ4n) is 4.20. The molecule has 1 N–H and O–H groups in total. The van der Waals surface area contributed by atoms with Gasteiger partial charge in [-0.15, -0.1) is 0 Å². The quantitative estimate of drug-likeness (QED) is 0.918. The molecule has 3 heterocycles. The molecule has 0 radical (unpaired) electrons. The summed E-state index contributed by atoms with van der Waals surface area (Å²) in [7, 11) is 1.66. The van der Waals surface area contributed by atoms with Crippen LogP contribution >= 0.6 is 0 Å². The molecule has 6 heteroatoms. The zero-order valence-electron chi connectivity index (χ0n) is 14.9. The van der Waals surface area contributed by atoms with Crippen molar-refractivity contribution in [2.75, 3.05) is 33.4 Å². The number of rotatable bonds is 4. The van der Waals surface area contributed by atoms with E-state index in [2.05, 4.69) is 16.1 Å². The first kappa shape index (κ1) is 16.4. The van der Waals surface area contributed by atoms with Crippen LogP contribution in [-0.4, -0.2) is 48.6 Å². The molecule has 0 spiro atoms. The molecule has 25 heavy (non-hydrogen) atoms. The molecule has 0 bridgehead atoms. The summed E-state index contributed by atoms with van der Waals surface area (Å²) in [6.45, 7) is 7.02. The molecule has 2 aromatic rings. The summed E-state index contributed by atoms with van der Waals surface area (Å²) in [5.41, 5.74) is 2.97. The Morgan fingerprint density at radius 2 is 2.24 bits per heavy atom. The standard InChI is InChI=1S/C19H24N2O4/c1-12-16(13(2)25-20-12)7-21-8-17-15-5-4-14(23-3)6-18(15)24-11-19(17,9-21)10-22/h4-6,17,22H,7-11H2,1-3H3/t17-,19-/m1/s1. The van der Waals surface area contributed by atoms with Gasteiger partial charge in [0.15, 0.2) is 0 Å². The normalized spacial score (nSPS) is 25.4. The number of aliphatic hydroxyl groups is 1. The highest BCUT2D eigenvalue weighted by Crippen LogP contribution is 2.50. The zero-order valence-corrected chi connectivity index (χ0v) is 14.9. The second-order valence-corrected chi connectivity index (χ2v) is 7.24. The molecule has 1 saturated heterocycles. The number of fused-ring (bicyclic) bond motifs is 3. The Balaban J connectivity index is 1.63. The van der Waals surface area contributed by atoms with E-state index in [-0.39, 0.29) is 17.9 Å². The van der Waals surface area contributed by atoms with Gasteiger partial charge in [-0.05, 0) is 25.5 Å². The van der Waals surface area contributed by atoms with Crippen molar-refractivity contribution < 1.29 is 19.1 Å². The van der Waals surface area contributed by atoms with Gasteiger partial charge in [-0.3, -0.25) is 4.90 Å². The Morgan fingerprint density at radius 3 is 2.92 bits per heavy atom. The number of aryl methyl sites for hydroxylation is 2. The van der Waals surface area contributed by atoms with Crippen LogP contribution < -0.4 is 9.47 Å². The van der Waals surface area contributed by atoms with Crippen molar-refractivity contribution in [3.63, 3.8) is 0 Å². The molecular formula is C19H24N2O4. The third kappa shape index (κ3) is 2.60. The first-order valence-electron chi connectivity index (χ1n) is 8.62. The highest BCUT2D eigenvalue weighted by molar-refractivity contribution is 5.46. The van der Waals surface area contributed by atoms with E-state index in [1.54, 1.807) is 7.11 Å². The van der Waals surface area contributed by atoms with Gasteiger partial charge in [0.2, 0.25) is 0 Å². The van der Waals surface area contributed by atoms with Crippen molar-refractivity contribution in [3.8, 4) is 11.5 Å².